The van der Waals surface area contributed by atoms with Crippen molar-refractivity contribution in [3.63, 3.8) is 0 Å². The molecule has 6 heteroatoms. The van der Waals surface area contributed by atoms with E-state index in [0.717, 1.165) is 18.5 Å². The van der Waals surface area contributed by atoms with E-state index in [9.17, 15) is 9.59 Å². The van der Waals surface area contributed by atoms with Crippen molar-refractivity contribution in [3.05, 3.63) is 52.5 Å². The number of hydrogen-bond donors (Lipinski definition) is 0. The first-order valence-corrected chi connectivity index (χ1v) is 6.49. The van der Waals surface area contributed by atoms with E-state index in [1.54, 1.807) is 27.5 Å². The molecule has 1 aliphatic carbocycles. The van der Waals surface area contributed by atoms with Crippen LogP contribution in [0.3, 0.4) is 0 Å². The molecule has 3 rings (SSSR count). The molecule has 0 aromatic carbocycles. The summed E-state index contributed by atoms with van der Waals surface area (Å²) in [7, 11) is 1.33. The highest BCUT2D eigenvalue weighted by Gasteiger charge is 2.25. The van der Waals surface area contributed by atoms with Crippen LogP contribution < -0.4 is 5.69 Å². The van der Waals surface area contributed by atoms with Gasteiger partial charge in [0.2, 0.25) is 0 Å². The first-order valence-electron chi connectivity index (χ1n) is 6.49. The van der Waals surface area contributed by atoms with Gasteiger partial charge in [0, 0.05) is 24.6 Å². The zero-order chi connectivity index (χ0) is 14.1. The number of carbonyl (C=O) groups is 1. The normalized spacial score (nSPS) is 14.2. The summed E-state index contributed by atoms with van der Waals surface area (Å²) in [6, 6.07) is 3.75. The predicted octanol–water partition coefficient (Wildman–Crippen LogP) is 1.21. The molecule has 0 aliphatic heterocycles. The van der Waals surface area contributed by atoms with Gasteiger partial charge in [0.15, 0.2) is 0 Å². The van der Waals surface area contributed by atoms with E-state index in [4.69, 9.17) is 0 Å². The van der Waals surface area contributed by atoms with Crippen molar-refractivity contribution in [1.82, 2.24) is 14.1 Å². The van der Waals surface area contributed by atoms with Crippen molar-refractivity contribution in [3.8, 4) is 0 Å². The predicted molar refractivity (Wildman–Crippen MR) is 71.6 cm³/mol. The molecule has 0 amide bonds. The van der Waals surface area contributed by atoms with Gasteiger partial charge < -0.3 is 4.74 Å². The van der Waals surface area contributed by atoms with Crippen LogP contribution in [0.25, 0.3) is 0 Å². The molecule has 0 unspecified atom stereocenters. The van der Waals surface area contributed by atoms with Gasteiger partial charge in [-0.05, 0) is 25.0 Å². The maximum absolute atomic E-state index is 12.1. The summed E-state index contributed by atoms with van der Waals surface area (Å²) >= 11 is 0. The Morgan fingerprint density at radius 2 is 2.20 bits per heavy atom. The van der Waals surface area contributed by atoms with Gasteiger partial charge in [-0.3, -0.25) is 14.1 Å². The molecule has 0 atom stereocenters. The average molecular weight is 273 g/mol. The van der Waals surface area contributed by atoms with Gasteiger partial charge in [0.25, 0.3) is 0 Å². The first kappa shape index (κ1) is 12.7. The molecule has 2 heterocycles. The number of nitrogens with zero attached hydrogens (tertiary/aromatic N) is 3. The van der Waals surface area contributed by atoms with Crippen LogP contribution in [0.2, 0.25) is 0 Å². The van der Waals surface area contributed by atoms with Crippen LogP contribution in [0.4, 0.5) is 0 Å². The highest BCUT2D eigenvalue weighted by atomic mass is 16.5. The van der Waals surface area contributed by atoms with Gasteiger partial charge in [0.05, 0.1) is 24.9 Å². The van der Waals surface area contributed by atoms with Crippen LogP contribution in [-0.2, 0) is 11.3 Å². The second-order valence-corrected chi connectivity index (χ2v) is 4.88. The third-order valence-electron chi connectivity index (χ3n) is 3.39. The zero-order valence-electron chi connectivity index (χ0n) is 11.2. The highest BCUT2D eigenvalue weighted by molar-refractivity contribution is 5.88. The maximum Gasteiger partial charge on any atom is 0.339 e. The highest BCUT2D eigenvalue weighted by Crippen LogP contribution is 2.33. The number of carbonyl (C=O) groups excluding carboxylic acids is 1. The summed E-state index contributed by atoms with van der Waals surface area (Å²) in [5.74, 6) is -0.416. The Morgan fingerprint density at radius 1 is 1.40 bits per heavy atom. The van der Waals surface area contributed by atoms with Crippen LogP contribution in [0, 0.1) is 0 Å². The lowest BCUT2D eigenvalue weighted by molar-refractivity contribution is 0.0600. The summed E-state index contributed by atoms with van der Waals surface area (Å²) < 4.78 is 8.00. The van der Waals surface area contributed by atoms with E-state index in [1.807, 2.05) is 6.20 Å². The summed E-state index contributed by atoms with van der Waals surface area (Å²) in [4.78, 5) is 27.6. The fourth-order valence-electron chi connectivity index (χ4n) is 2.11. The van der Waals surface area contributed by atoms with Gasteiger partial charge >= 0.3 is 11.7 Å². The first-order chi connectivity index (χ1) is 9.69. The topological polar surface area (TPSA) is 66.1 Å². The van der Waals surface area contributed by atoms with E-state index < -0.39 is 5.97 Å². The lowest BCUT2D eigenvalue weighted by Gasteiger charge is -2.03. The molecule has 0 spiro atoms. The lowest BCUT2D eigenvalue weighted by Crippen LogP contribution is -2.24. The number of methoxy groups -OCH3 is 1. The van der Waals surface area contributed by atoms with E-state index in [0.29, 0.717) is 18.2 Å². The average Bonchev–Trinajstić information content (AvgIpc) is 3.25. The molecule has 104 valence electrons. The zero-order valence-corrected chi connectivity index (χ0v) is 11.2. The van der Waals surface area contributed by atoms with Crippen LogP contribution >= 0.6 is 0 Å². The molecule has 6 nitrogen and oxygen atoms in total. The van der Waals surface area contributed by atoms with Crippen molar-refractivity contribution in [1.29, 1.82) is 0 Å². The van der Waals surface area contributed by atoms with Gasteiger partial charge in [-0.15, -0.1) is 0 Å². The number of aromatic nitrogens is 3. The maximum atomic E-state index is 12.1. The summed E-state index contributed by atoms with van der Waals surface area (Å²) in [5.41, 5.74) is 1.12. The largest absolute Gasteiger partial charge is 0.465 e. The van der Waals surface area contributed by atoms with Crippen molar-refractivity contribution in [2.24, 2.45) is 0 Å². The fourth-order valence-corrected chi connectivity index (χ4v) is 2.11. The van der Waals surface area contributed by atoms with Crippen molar-refractivity contribution in [2.75, 3.05) is 7.11 Å². The Balaban J connectivity index is 1.77. The quantitative estimate of drug-likeness (QED) is 0.785. The molecule has 0 radical (unpaired) electrons. The molecule has 1 saturated carbocycles. The smallest absolute Gasteiger partial charge is 0.339 e. The van der Waals surface area contributed by atoms with Gasteiger partial charge in [-0.2, -0.15) is 0 Å². The Labute approximate surface area is 115 Å². The van der Waals surface area contributed by atoms with Crippen LogP contribution in [0.5, 0.6) is 0 Å². The van der Waals surface area contributed by atoms with E-state index in [-0.39, 0.29) is 5.69 Å². The summed E-state index contributed by atoms with van der Waals surface area (Å²) in [6.45, 7) is 0.403. The van der Waals surface area contributed by atoms with E-state index in [2.05, 4.69) is 9.72 Å². The third-order valence-corrected chi connectivity index (χ3v) is 3.39. The molecule has 0 saturated heterocycles. The minimum absolute atomic E-state index is 0.00801. The molecular weight excluding hydrogens is 258 g/mol. The second kappa shape index (κ2) is 4.96. The van der Waals surface area contributed by atoms with Gasteiger partial charge in [-0.1, -0.05) is 0 Å². The minimum atomic E-state index is -0.416. The second-order valence-electron chi connectivity index (χ2n) is 4.88. The van der Waals surface area contributed by atoms with Crippen LogP contribution in [0.1, 0.15) is 34.9 Å². The Kier molecular flexibility index (Phi) is 3.14. The Morgan fingerprint density at radius 3 is 2.80 bits per heavy atom. The summed E-state index contributed by atoms with van der Waals surface area (Å²) in [6.07, 6.45) is 7.22. The number of esters is 1. The fraction of sp³-hybridized carbons (Fsp3) is 0.357. The van der Waals surface area contributed by atoms with E-state index >= 15 is 0 Å². The number of hydrogen-bond acceptors (Lipinski definition) is 4. The molecule has 0 bridgehead atoms. The summed E-state index contributed by atoms with van der Waals surface area (Å²) in [5, 5.41) is 0. The molecule has 2 aromatic rings. The minimum Gasteiger partial charge on any atom is -0.465 e. The molecule has 2 aromatic heterocycles. The monoisotopic (exact) mass is 273 g/mol. The van der Waals surface area contributed by atoms with E-state index in [1.165, 1.54) is 13.3 Å². The molecule has 0 N–H and O–H groups in total. The number of rotatable bonds is 4. The number of ether oxygens (including phenoxy) is 1. The van der Waals surface area contributed by atoms with Gasteiger partial charge in [-0.25, -0.2) is 9.59 Å². The number of pyridine rings is 1. The van der Waals surface area contributed by atoms with Crippen molar-refractivity contribution >= 4 is 5.97 Å². The third kappa shape index (κ3) is 2.36. The lowest BCUT2D eigenvalue weighted by atomic mass is 10.2. The van der Waals surface area contributed by atoms with Crippen LogP contribution in [0.15, 0.2) is 35.5 Å². The number of imidazole rings is 1. The SMILES string of the molecule is COC(=O)c1ccc(Cn2ccn(C3CC3)c2=O)nc1. The Bertz CT molecular complexity index is 680. The Hall–Kier alpha value is -2.37. The van der Waals surface area contributed by atoms with Crippen molar-refractivity contribution in [2.45, 2.75) is 25.4 Å². The van der Waals surface area contributed by atoms with Crippen molar-refractivity contribution < 1.29 is 9.53 Å². The standard InChI is InChI=1S/C14H15N3O3/c1-20-13(18)10-2-3-11(15-8-10)9-16-6-7-17(14(16)19)12-4-5-12/h2-3,6-8,12H,4-5,9H2,1H3. The molecular formula is C14H15N3O3. The molecule has 20 heavy (non-hydrogen) atoms. The molecule has 1 aliphatic rings. The van der Waals surface area contributed by atoms with Gasteiger partial charge in [0.1, 0.15) is 0 Å². The molecule has 1 fully saturated rings. The van der Waals surface area contributed by atoms with Crippen LogP contribution in [-0.4, -0.2) is 27.2 Å².